The Morgan fingerprint density at radius 2 is 2.04 bits per heavy atom. The number of unbranched alkanes of at least 4 members (excludes halogenated alkanes) is 2. The molecule has 3 rings (SSSR count). The molecule has 152 valence electrons. The molecule has 0 aliphatic carbocycles. The zero-order chi connectivity index (χ0) is 20.3. The highest BCUT2D eigenvalue weighted by molar-refractivity contribution is 6.00. The summed E-state index contributed by atoms with van der Waals surface area (Å²) in [5.74, 6) is 0.0748. The summed E-state index contributed by atoms with van der Waals surface area (Å²) >= 11 is 0. The number of rotatable bonds is 8. The van der Waals surface area contributed by atoms with Crippen LogP contribution in [0.1, 0.15) is 45.1 Å². The third-order valence-electron chi connectivity index (χ3n) is 5.56. The average Bonchev–Trinajstić information content (AvgIpc) is 2.91. The Morgan fingerprint density at radius 1 is 1.32 bits per heavy atom. The van der Waals surface area contributed by atoms with Gasteiger partial charge in [0.05, 0.1) is 18.7 Å². The molecular weight excluding hydrogens is 356 g/mol. The van der Waals surface area contributed by atoms with Gasteiger partial charge in [0.15, 0.2) is 5.76 Å². The summed E-state index contributed by atoms with van der Waals surface area (Å²) in [6, 6.07) is 9.31. The highest BCUT2D eigenvalue weighted by Crippen LogP contribution is 2.42. The summed E-state index contributed by atoms with van der Waals surface area (Å²) in [5, 5.41) is 15.9. The molecule has 0 fully saturated rings. The molecule has 1 aromatic rings. The van der Waals surface area contributed by atoms with Crippen molar-refractivity contribution in [3.63, 3.8) is 0 Å². The van der Waals surface area contributed by atoms with E-state index in [1.807, 2.05) is 30.3 Å². The number of hydrogen-bond acceptors (Lipinski definition) is 5. The van der Waals surface area contributed by atoms with Gasteiger partial charge in [-0.25, -0.2) is 0 Å². The number of benzene rings is 1. The highest BCUT2D eigenvalue weighted by atomic mass is 16.7. The van der Waals surface area contributed by atoms with Crippen LogP contribution in [0.15, 0.2) is 53.9 Å². The van der Waals surface area contributed by atoms with Crippen molar-refractivity contribution in [1.82, 2.24) is 10.4 Å². The Morgan fingerprint density at radius 3 is 2.68 bits per heavy atom. The molecule has 3 atom stereocenters. The lowest BCUT2D eigenvalue weighted by Crippen LogP contribution is -2.60. The van der Waals surface area contributed by atoms with Crippen LogP contribution in [-0.2, 0) is 20.9 Å². The second-order valence-corrected chi connectivity index (χ2v) is 7.60. The van der Waals surface area contributed by atoms with E-state index in [1.165, 1.54) is 7.11 Å². The van der Waals surface area contributed by atoms with Gasteiger partial charge in [-0.05, 0) is 25.3 Å². The van der Waals surface area contributed by atoms with E-state index in [-0.39, 0.29) is 5.91 Å². The standard InChI is InChI=1S/C22H30N2O4/c1-5-6-8-13-17-22(3,26)20(23-14-16-11-9-7-10-12-16)18-19(28-17)15(2)24(27-4)21(18)25/h7,9-12,17,20,23,26H,2,5-6,8,13-14H2,1,3-4H3/t17-,20+,22-/m0/s1. The molecule has 2 aliphatic rings. The van der Waals surface area contributed by atoms with Crippen molar-refractivity contribution in [2.24, 2.45) is 0 Å². The number of carbonyl (C=O) groups excluding carboxylic acids is 1. The second-order valence-electron chi connectivity index (χ2n) is 7.60. The summed E-state index contributed by atoms with van der Waals surface area (Å²) in [4.78, 5) is 18.1. The predicted molar refractivity (Wildman–Crippen MR) is 107 cm³/mol. The number of amides is 1. The number of aliphatic hydroxyl groups is 1. The van der Waals surface area contributed by atoms with Crippen LogP contribution in [0.4, 0.5) is 0 Å². The average molecular weight is 386 g/mol. The summed E-state index contributed by atoms with van der Waals surface area (Å²) in [5.41, 5.74) is 0.577. The quantitative estimate of drug-likeness (QED) is 0.672. The predicted octanol–water partition coefficient (Wildman–Crippen LogP) is 3.05. The van der Waals surface area contributed by atoms with Crippen molar-refractivity contribution in [2.75, 3.05) is 7.11 Å². The van der Waals surface area contributed by atoms with E-state index >= 15 is 0 Å². The van der Waals surface area contributed by atoms with Crippen molar-refractivity contribution < 1.29 is 19.5 Å². The number of carbonyl (C=O) groups is 1. The molecule has 2 aliphatic heterocycles. The first kappa shape index (κ1) is 20.6. The fourth-order valence-corrected chi connectivity index (χ4v) is 3.95. The summed E-state index contributed by atoms with van der Waals surface area (Å²) in [6.45, 7) is 8.36. The maximum absolute atomic E-state index is 12.9. The zero-order valence-corrected chi connectivity index (χ0v) is 16.9. The lowest BCUT2D eigenvalue weighted by atomic mass is 9.80. The third kappa shape index (κ3) is 3.72. The summed E-state index contributed by atoms with van der Waals surface area (Å²) in [6.07, 6.45) is 3.36. The third-order valence-corrected chi connectivity index (χ3v) is 5.56. The van der Waals surface area contributed by atoms with E-state index in [4.69, 9.17) is 9.57 Å². The molecule has 0 spiro atoms. The first-order valence-corrected chi connectivity index (χ1v) is 9.90. The van der Waals surface area contributed by atoms with E-state index in [2.05, 4.69) is 18.8 Å². The highest BCUT2D eigenvalue weighted by Gasteiger charge is 2.54. The van der Waals surface area contributed by atoms with Crippen LogP contribution in [-0.4, -0.2) is 40.9 Å². The van der Waals surface area contributed by atoms with Gasteiger partial charge in [-0.1, -0.05) is 56.7 Å². The van der Waals surface area contributed by atoms with Crippen LogP contribution in [0, 0.1) is 0 Å². The molecule has 0 radical (unpaired) electrons. The Hall–Kier alpha value is -2.15. The molecule has 1 aromatic carbocycles. The number of hydroxylamine groups is 2. The fourth-order valence-electron chi connectivity index (χ4n) is 3.95. The van der Waals surface area contributed by atoms with Crippen molar-refractivity contribution in [2.45, 2.75) is 63.8 Å². The fraction of sp³-hybridized carbons (Fsp3) is 0.500. The van der Waals surface area contributed by atoms with Crippen molar-refractivity contribution >= 4 is 5.91 Å². The molecule has 6 heteroatoms. The van der Waals surface area contributed by atoms with Gasteiger partial charge in [0.25, 0.3) is 5.91 Å². The van der Waals surface area contributed by atoms with Gasteiger partial charge in [-0.2, -0.15) is 5.06 Å². The van der Waals surface area contributed by atoms with E-state index < -0.39 is 17.7 Å². The van der Waals surface area contributed by atoms with Gasteiger partial charge in [0, 0.05) is 6.54 Å². The molecule has 0 saturated heterocycles. The molecule has 1 amide bonds. The van der Waals surface area contributed by atoms with E-state index in [0.717, 1.165) is 29.9 Å². The van der Waals surface area contributed by atoms with Gasteiger partial charge >= 0.3 is 0 Å². The zero-order valence-electron chi connectivity index (χ0n) is 16.9. The molecule has 0 unspecified atom stereocenters. The van der Waals surface area contributed by atoms with Crippen molar-refractivity contribution in [3.8, 4) is 0 Å². The van der Waals surface area contributed by atoms with Crippen molar-refractivity contribution in [3.05, 3.63) is 59.5 Å². The normalized spacial score (nSPS) is 27.2. The molecule has 0 aromatic heterocycles. The first-order valence-electron chi connectivity index (χ1n) is 9.90. The van der Waals surface area contributed by atoms with Gasteiger partial charge in [-0.3, -0.25) is 9.63 Å². The molecule has 2 heterocycles. The van der Waals surface area contributed by atoms with E-state index in [1.54, 1.807) is 6.92 Å². The number of hydrogen-bond donors (Lipinski definition) is 2. The Bertz CT molecular complexity index is 757. The molecule has 28 heavy (non-hydrogen) atoms. The minimum absolute atomic E-state index is 0.347. The monoisotopic (exact) mass is 386 g/mol. The van der Waals surface area contributed by atoms with Crippen LogP contribution >= 0.6 is 0 Å². The first-order chi connectivity index (χ1) is 13.4. The lowest BCUT2D eigenvalue weighted by molar-refractivity contribution is -0.158. The van der Waals surface area contributed by atoms with Gasteiger partial charge in [-0.15, -0.1) is 0 Å². The maximum Gasteiger partial charge on any atom is 0.283 e. The van der Waals surface area contributed by atoms with Gasteiger partial charge in [0.1, 0.15) is 17.4 Å². The van der Waals surface area contributed by atoms with Gasteiger partial charge in [0.2, 0.25) is 0 Å². The molecule has 6 nitrogen and oxygen atoms in total. The summed E-state index contributed by atoms with van der Waals surface area (Å²) < 4.78 is 6.12. The van der Waals surface area contributed by atoms with E-state index in [9.17, 15) is 9.90 Å². The molecule has 0 bridgehead atoms. The SMILES string of the molecule is C=C1C2=C(C(=O)N1OC)[C@@H](NCc1ccccc1)[C@@](C)(O)[C@H](CCCCC)O2. The van der Waals surface area contributed by atoms with Crippen LogP contribution in [0.25, 0.3) is 0 Å². The van der Waals surface area contributed by atoms with E-state index in [0.29, 0.717) is 30.0 Å². The van der Waals surface area contributed by atoms with Gasteiger partial charge < -0.3 is 15.2 Å². The Kier molecular flexibility index (Phi) is 6.23. The van der Waals surface area contributed by atoms with Crippen LogP contribution in [0.2, 0.25) is 0 Å². The maximum atomic E-state index is 12.9. The molecule has 2 N–H and O–H groups in total. The molecular formula is C22H30N2O4. The smallest absolute Gasteiger partial charge is 0.283 e. The minimum atomic E-state index is -1.25. The van der Waals surface area contributed by atoms with Crippen LogP contribution in [0.3, 0.4) is 0 Å². The minimum Gasteiger partial charge on any atom is -0.485 e. The van der Waals surface area contributed by atoms with Crippen molar-refractivity contribution in [1.29, 1.82) is 0 Å². The Labute approximate surface area is 166 Å². The number of ether oxygens (including phenoxy) is 1. The number of nitrogens with one attached hydrogen (secondary N) is 1. The van der Waals surface area contributed by atoms with Crippen LogP contribution < -0.4 is 5.32 Å². The largest absolute Gasteiger partial charge is 0.485 e. The topological polar surface area (TPSA) is 71.0 Å². The number of nitrogens with zero attached hydrogens (tertiary/aromatic N) is 1. The Balaban J connectivity index is 1.91. The van der Waals surface area contributed by atoms with Crippen LogP contribution in [0.5, 0.6) is 0 Å². The summed E-state index contributed by atoms with van der Waals surface area (Å²) in [7, 11) is 1.42. The lowest BCUT2D eigenvalue weighted by Gasteiger charge is -2.43. The second kappa shape index (κ2) is 8.47. The molecule has 0 saturated carbocycles.